The number of nitriles is 1. The molecule has 19 heavy (non-hydrogen) atoms. The molecule has 2 aromatic heterocycles. The molecule has 0 unspecified atom stereocenters. The molecule has 0 aromatic carbocycles. The third kappa shape index (κ3) is 2.45. The number of thiazole rings is 1. The minimum Gasteiger partial charge on any atom is -0.315 e. The summed E-state index contributed by atoms with van der Waals surface area (Å²) in [5, 5.41) is 15.3. The normalized spacial score (nSPS) is 14.2. The average molecular weight is 270 g/mol. The Morgan fingerprint density at radius 3 is 2.84 bits per heavy atom. The molecule has 4 nitrogen and oxygen atoms in total. The molecule has 1 N–H and O–H groups in total. The van der Waals surface area contributed by atoms with Crippen LogP contribution >= 0.6 is 11.3 Å². The van der Waals surface area contributed by atoms with Gasteiger partial charge >= 0.3 is 0 Å². The molecule has 0 atom stereocenters. The molecule has 0 amide bonds. The highest BCUT2D eigenvalue weighted by Crippen LogP contribution is 2.41. The molecular weight excluding hydrogens is 256 g/mol. The van der Waals surface area contributed by atoms with E-state index in [0.717, 1.165) is 22.1 Å². The quantitative estimate of drug-likeness (QED) is 0.924. The van der Waals surface area contributed by atoms with Crippen LogP contribution in [0.3, 0.4) is 0 Å². The number of hydrogen-bond acceptors (Lipinski definition) is 5. The molecule has 1 fully saturated rings. The van der Waals surface area contributed by atoms with Crippen molar-refractivity contribution in [1.29, 1.82) is 5.26 Å². The standard InChI is InChI=1S/C14H14N4S/c1-8-5-9(2)16-13(11(8)6-15)18-14-17-12(7-19-14)10-3-4-10/h5,7,10H,3-4H2,1-2H3,(H,16,17,18). The van der Waals surface area contributed by atoms with E-state index in [1.807, 2.05) is 19.9 Å². The second kappa shape index (κ2) is 4.63. The summed E-state index contributed by atoms with van der Waals surface area (Å²) < 4.78 is 0. The van der Waals surface area contributed by atoms with Gasteiger partial charge in [-0.3, -0.25) is 0 Å². The summed E-state index contributed by atoms with van der Waals surface area (Å²) in [4.78, 5) is 8.96. The van der Waals surface area contributed by atoms with Crippen LogP contribution in [-0.4, -0.2) is 9.97 Å². The number of nitrogens with zero attached hydrogens (tertiary/aromatic N) is 3. The lowest BCUT2D eigenvalue weighted by Gasteiger charge is -2.07. The number of rotatable bonds is 3. The van der Waals surface area contributed by atoms with Crippen molar-refractivity contribution in [2.45, 2.75) is 32.6 Å². The zero-order valence-corrected chi connectivity index (χ0v) is 11.7. The Balaban J connectivity index is 1.91. The van der Waals surface area contributed by atoms with E-state index in [2.05, 4.69) is 26.7 Å². The van der Waals surface area contributed by atoms with E-state index in [9.17, 15) is 5.26 Å². The molecule has 0 saturated heterocycles. The van der Waals surface area contributed by atoms with E-state index in [0.29, 0.717) is 17.3 Å². The molecule has 1 aliphatic rings. The lowest BCUT2D eigenvalue weighted by molar-refractivity contribution is 1.05. The first-order chi connectivity index (χ1) is 9.17. The van der Waals surface area contributed by atoms with Crippen LogP contribution in [0.4, 0.5) is 10.9 Å². The summed E-state index contributed by atoms with van der Waals surface area (Å²) in [5.41, 5.74) is 3.60. The van der Waals surface area contributed by atoms with Crippen LogP contribution in [0.25, 0.3) is 0 Å². The van der Waals surface area contributed by atoms with Gasteiger partial charge in [-0.05, 0) is 38.3 Å². The molecule has 5 heteroatoms. The van der Waals surface area contributed by atoms with Crippen molar-refractivity contribution >= 4 is 22.3 Å². The molecule has 96 valence electrons. The zero-order chi connectivity index (χ0) is 13.4. The molecule has 2 aromatic rings. The van der Waals surface area contributed by atoms with Crippen LogP contribution in [-0.2, 0) is 0 Å². The van der Waals surface area contributed by atoms with Gasteiger partial charge in [-0.1, -0.05) is 0 Å². The molecule has 0 radical (unpaired) electrons. The molecule has 1 aliphatic carbocycles. The van der Waals surface area contributed by atoms with E-state index in [4.69, 9.17) is 0 Å². The fraction of sp³-hybridized carbons (Fsp3) is 0.357. The maximum Gasteiger partial charge on any atom is 0.188 e. The van der Waals surface area contributed by atoms with Gasteiger partial charge in [0.2, 0.25) is 0 Å². The van der Waals surface area contributed by atoms with Crippen molar-refractivity contribution in [3.05, 3.63) is 34.0 Å². The first kappa shape index (κ1) is 12.1. The van der Waals surface area contributed by atoms with Gasteiger partial charge in [-0.2, -0.15) is 5.26 Å². The van der Waals surface area contributed by atoms with Crippen molar-refractivity contribution in [2.24, 2.45) is 0 Å². The van der Waals surface area contributed by atoms with Gasteiger partial charge in [0.15, 0.2) is 10.9 Å². The maximum absolute atomic E-state index is 9.22. The topological polar surface area (TPSA) is 61.6 Å². The molecule has 2 heterocycles. The van der Waals surface area contributed by atoms with E-state index in [1.54, 1.807) is 11.3 Å². The third-order valence-electron chi connectivity index (χ3n) is 3.20. The van der Waals surface area contributed by atoms with E-state index >= 15 is 0 Å². The van der Waals surface area contributed by atoms with Gasteiger partial charge in [-0.25, -0.2) is 9.97 Å². The highest BCUT2D eigenvalue weighted by molar-refractivity contribution is 7.13. The highest BCUT2D eigenvalue weighted by Gasteiger charge is 2.26. The number of aryl methyl sites for hydroxylation is 2. The predicted molar refractivity (Wildman–Crippen MR) is 75.8 cm³/mol. The van der Waals surface area contributed by atoms with Crippen LogP contribution in [0.1, 0.15) is 41.3 Å². The Morgan fingerprint density at radius 1 is 1.37 bits per heavy atom. The average Bonchev–Trinajstić information content (AvgIpc) is 3.10. The monoisotopic (exact) mass is 270 g/mol. The Bertz CT molecular complexity index is 665. The van der Waals surface area contributed by atoms with Crippen LogP contribution in [0.15, 0.2) is 11.4 Å². The van der Waals surface area contributed by atoms with Crippen LogP contribution < -0.4 is 5.32 Å². The Kier molecular flexibility index (Phi) is 2.96. The SMILES string of the molecule is Cc1cc(C)c(C#N)c(Nc2nc(C3CC3)cs2)n1. The van der Waals surface area contributed by atoms with E-state index in [-0.39, 0.29) is 0 Å². The largest absolute Gasteiger partial charge is 0.315 e. The Morgan fingerprint density at radius 2 is 2.16 bits per heavy atom. The summed E-state index contributed by atoms with van der Waals surface area (Å²) in [5.74, 6) is 1.26. The third-order valence-corrected chi connectivity index (χ3v) is 3.98. The van der Waals surface area contributed by atoms with Gasteiger partial charge in [0.05, 0.1) is 11.3 Å². The first-order valence-electron chi connectivity index (χ1n) is 6.28. The molecule has 3 rings (SSSR count). The van der Waals surface area contributed by atoms with E-state index < -0.39 is 0 Å². The van der Waals surface area contributed by atoms with Gasteiger partial charge in [0.1, 0.15) is 6.07 Å². The van der Waals surface area contributed by atoms with Crippen molar-refractivity contribution in [3.8, 4) is 6.07 Å². The van der Waals surface area contributed by atoms with E-state index in [1.165, 1.54) is 12.8 Å². The number of anilines is 2. The second-order valence-corrected chi connectivity index (χ2v) is 5.75. The minimum absolute atomic E-state index is 0.591. The first-order valence-corrected chi connectivity index (χ1v) is 7.16. The van der Waals surface area contributed by atoms with Crippen molar-refractivity contribution in [3.63, 3.8) is 0 Å². The number of aromatic nitrogens is 2. The lowest BCUT2D eigenvalue weighted by atomic mass is 10.1. The summed E-state index contributed by atoms with van der Waals surface area (Å²) in [7, 11) is 0. The molecule has 0 bridgehead atoms. The second-order valence-electron chi connectivity index (χ2n) is 4.89. The minimum atomic E-state index is 0.591. The predicted octanol–water partition coefficient (Wildman–Crippen LogP) is 3.65. The Labute approximate surface area is 116 Å². The van der Waals surface area contributed by atoms with Crippen molar-refractivity contribution < 1.29 is 0 Å². The van der Waals surface area contributed by atoms with Crippen molar-refractivity contribution in [1.82, 2.24) is 9.97 Å². The molecular formula is C14H14N4S. The summed E-state index contributed by atoms with van der Waals surface area (Å²) in [6, 6.07) is 4.12. The van der Waals surface area contributed by atoms with Crippen molar-refractivity contribution in [2.75, 3.05) is 5.32 Å². The molecule has 1 saturated carbocycles. The van der Waals surface area contributed by atoms with Crippen LogP contribution in [0, 0.1) is 25.2 Å². The Hall–Kier alpha value is -1.93. The van der Waals surface area contributed by atoms with Gasteiger partial charge in [0, 0.05) is 17.0 Å². The molecule has 0 aliphatic heterocycles. The number of nitrogens with one attached hydrogen (secondary N) is 1. The van der Waals surface area contributed by atoms with Gasteiger partial charge < -0.3 is 5.32 Å². The molecule has 0 spiro atoms. The lowest BCUT2D eigenvalue weighted by Crippen LogP contribution is -2.00. The van der Waals surface area contributed by atoms with Gasteiger partial charge in [0.25, 0.3) is 0 Å². The van der Waals surface area contributed by atoms with Crippen LogP contribution in [0.5, 0.6) is 0 Å². The summed E-state index contributed by atoms with van der Waals surface area (Å²) in [6.07, 6.45) is 2.49. The van der Waals surface area contributed by atoms with Crippen LogP contribution in [0.2, 0.25) is 0 Å². The smallest absolute Gasteiger partial charge is 0.188 e. The zero-order valence-electron chi connectivity index (χ0n) is 10.9. The fourth-order valence-corrected chi connectivity index (χ4v) is 2.87. The highest BCUT2D eigenvalue weighted by atomic mass is 32.1. The van der Waals surface area contributed by atoms with Gasteiger partial charge in [-0.15, -0.1) is 11.3 Å². The number of hydrogen-bond donors (Lipinski definition) is 1. The fourth-order valence-electron chi connectivity index (χ4n) is 2.08. The maximum atomic E-state index is 9.22. The number of pyridine rings is 1. The summed E-state index contributed by atoms with van der Waals surface area (Å²) >= 11 is 1.57. The summed E-state index contributed by atoms with van der Waals surface area (Å²) in [6.45, 7) is 3.85.